The predicted octanol–water partition coefficient (Wildman–Crippen LogP) is 0.956. The average Bonchev–Trinajstić information content (AvgIpc) is 3.39. The van der Waals surface area contributed by atoms with Gasteiger partial charge in [0, 0.05) is 44.1 Å². The number of nitrogens with zero attached hydrogens (tertiary/aromatic N) is 2. The maximum atomic E-state index is 13.2. The smallest absolute Gasteiger partial charge is 0.276 e. The van der Waals surface area contributed by atoms with E-state index in [1.807, 2.05) is 0 Å². The van der Waals surface area contributed by atoms with E-state index in [0.29, 0.717) is 17.9 Å². The highest BCUT2D eigenvalue weighted by molar-refractivity contribution is 6.34. The number of rotatable bonds is 9. The van der Waals surface area contributed by atoms with E-state index in [1.54, 1.807) is 24.3 Å². The van der Waals surface area contributed by atoms with Crippen molar-refractivity contribution < 1.29 is 18.8 Å². The molecule has 39 heavy (non-hydrogen) atoms. The Morgan fingerprint density at radius 2 is 1.64 bits per heavy atom. The van der Waals surface area contributed by atoms with Gasteiger partial charge in [-0.25, -0.2) is 9.37 Å². The number of aromatic amines is 1. The fourth-order valence-electron chi connectivity index (χ4n) is 4.01. The Balaban J connectivity index is 1.32. The highest BCUT2D eigenvalue weighted by Crippen LogP contribution is 2.20. The fourth-order valence-corrected chi connectivity index (χ4v) is 4.27. The minimum atomic E-state index is -1.16. The molecular weight excluding hydrogens is 529 g/mol. The Morgan fingerprint density at radius 1 is 1.00 bits per heavy atom. The Hall–Kier alpha value is -3.88. The third-order valence-corrected chi connectivity index (χ3v) is 6.28. The van der Waals surface area contributed by atoms with Gasteiger partial charge in [-0.15, -0.1) is 0 Å². The maximum Gasteiger partial charge on any atom is 0.276 e. The molecule has 0 atom stereocenters. The molecule has 1 aromatic heterocycles. The quantitative estimate of drug-likeness (QED) is 0.190. The molecule has 12 nitrogen and oxygen atoms in total. The molecule has 2 heterocycles. The second kappa shape index (κ2) is 12.3. The first kappa shape index (κ1) is 28.1. The van der Waals surface area contributed by atoms with Crippen molar-refractivity contribution in [3.05, 3.63) is 76.6 Å². The van der Waals surface area contributed by atoms with Gasteiger partial charge in [0.05, 0.1) is 29.1 Å². The van der Waals surface area contributed by atoms with E-state index in [2.05, 4.69) is 36.1 Å². The van der Waals surface area contributed by atoms with Gasteiger partial charge < -0.3 is 37.7 Å². The summed E-state index contributed by atoms with van der Waals surface area (Å²) < 4.78 is 13.2. The third-order valence-electron chi connectivity index (χ3n) is 5.96. The van der Waals surface area contributed by atoms with Crippen LogP contribution in [-0.4, -0.2) is 77.5 Å². The molecule has 1 aliphatic heterocycles. The van der Waals surface area contributed by atoms with E-state index >= 15 is 0 Å². The van der Waals surface area contributed by atoms with Crippen molar-refractivity contribution in [1.82, 2.24) is 25.5 Å². The van der Waals surface area contributed by atoms with Crippen molar-refractivity contribution in [2.24, 2.45) is 11.5 Å². The molecule has 0 aliphatic carbocycles. The van der Waals surface area contributed by atoms with Gasteiger partial charge in [0.2, 0.25) is 0 Å². The number of anilines is 2. The van der Waals surface area contributed by atoms with Crippen LogP contribution in [0.4, 0.5) is 15.8 Å². The molecule has 0 unspecified atom stereocenters. The van der Waals surface area contributed by atoms with Crippen molar-refractivity contribution in [3.8, 4) is 0 Å². The predicted molar refractivity (Wildman–Crippen MR) is 145 cm³/mol. The Bertz CT molecular complexity index is 1340. The Kier molecular flexibility index (Phi) is 8.89. The van der Waals surface area contributed by atoms with Gasteiger partial charge in [-0.05, 0) is 42.5 Å². The molecule has 3 aromatic rings. The van der Waals surface area contributed by atoms with Gasteiger partial charge in [0.15, 0.2) is 5.69 Å². The van der Waals surface area contributed by atoms with Gasteiger partial charge in [0.25, 0.3) is 17.7 Å². The van der Waals surface area contributed by atoms with Crippen molar-refractivity contribution in [1.29, 1.82) is 0 Å². The first-order valence-electron chi connectivity index (χ1n) is 12.1. The number of amides is 3. The van der Waals surface area contributed by atoms with E-state index in [9.17, 15) is 18.8 Å². The second-order valence-electron chi connectivity index (χ2n) is 9.18. The topological polar surface area (TPSA) is 183 Å². The number of nitrogens with two attached hydrogens (primary N) is 2. The first-order chi connectivity index (χ1) is 18.6. The van der Waals surface area contributed by atoms with Gasteiger partial charge in [-0.3, -0.25) is 19.3 Å². The molecule has 0 spiro atoms. The largest absolute Gasteiger partial charge is 0.347 e. The van der Waals surface area contributed by atoms with Crippen LogP contribution in [0.15, 0.2) is 48.8 Å². The van der Waals surface area contributed by atoms with Crippen LogP contribution in [0.3, 0.4) is 0 Å². The molecule has 206 valence electrons. The summed E-state index contributed by atoms with van der Waals surface area (Å²) in [5.74, 6) is -2.26. The second-order valence-corrected chi connectivity index (χ2v) is 9.59. The summed E-state index contributed by atoms with van der Waals surface area (Å²) in [7, 11) is 0. The number of benzene rings is 2. The molecule has 1 fully saturated rings. The summed E-state index contributed by atoms with van der Waals surface area (Å²) in [5, 5.41) is 11.2. The highest BCUT2D eigenvalue weighted by Gasteiger charge is 2.27. The zero-order chi connectivity index (χ0) is 28.0. The lowest BCUT2D eigenvalue weighted by molar-refractivity contribution is 0.0918. The molecule has 14 heteroatoms. The number of imidazole rings is 1. The standard InChI is InChI=1S/C25H29ClFN9O3/c26-19-11-15(27)1-6-18(19)22(37)34-16-2-4-17(5-3-16)35-24(39)21-20(32-14-33-21)23(38)31-12-25(28,29)13-36-9-7-30-8-10-36/h1-6,11,14,30H,7-10,12-13,28-29H2,(H,31,38)(H,32,33)(H,34,37)(H,35,39). The average molecular weight is 558 g/mol. The van der Waals surface area contributed by atoms with Crippen LogP contribution >= 0.6 is 11.6 Å². The lowest BCUT2D eigenvalue weighted by Crippen LogP contribution is -2.65. The van der Waals surface area contributed by atoms with Crippen molar-refractivity contribution in [2.45, 2.75) is 5.66 Å². The normalized spacial score (nSPS) is 14.1. The van der Waals surface area contributed by atoms with Crippen LogP contribution in [0.5, 0.6) is 0 Å². The summed E-state index contributed by atoms with van der Waals surface area (Å²) in [6, 6.07) is 9.70. The monoisotopic (exact) mass is 557 g/mol. The zero-order valence-corrected chi connectivity index (χ0v) is 21.6. The van der Waals surface area contributed by atoms with Crippen LogP contribution in [0, 0.1) is 5.82 Å². The number of hydrogen-bond donors (Lipinski definition) is 7. The fraction of sp³-hybridized carbons (Fsp3) is 0.280. The first-order valence-corrected chi connectivity index (χ1v) is 12.5. The van der Waals surface area contributed by atoms with Crippen LogP contribution in [0.1, 0.15) is 31.3 Å². The minimum absolute atomic E-state index is 0.00778. The summed E-state index contributed by atoms with van der Waals surface area (Å²) in [4.78, 5) is 46.8. The third kappa shape index (κ3) is 7.59. The Labute approximate surface area is 228 Å². The number of H-pyrrole nitrogens is 1. The van der Waals surface area contributed by atoms with Gasteiger partial charge >= 0.3 is 0 Å². The van der Waals surface area contributed by atoms with E-state index in [0.717, 1.165) is 38.3 Å². The molecular formula is C25H29ClFN9O3. The number of piperazine rings is 1. The van der Waals surface area contributed by atoms with Crippen LogP contribution in [0.2, 0.25) is 5.02 Å². The number of nitrogens with one attached hydrogen (secondary N) is 5. The van der Waals surface area contributed by atoms with Crippen molar-refractivity contribution in [2.75, 3.05) is 49.9 Å². The number of carbonyl (C=O) groups is 3. The molecule has 3 amide bonds. The SMILES string of the molecule is NC(N)(CNC(=O)c1[nH]cnc1C(=O)Nc1ccc(NC(=O)c2ccc(F)cc2Cl)cc1)CN1CCNCC1. The highest BCUT2D eigenvalue weighted by atomic mass is 35.5. The summed E-state index contributed by atoms with van der Waals surface area (Å²) in [6.45, 7) is 3.70. The van der Waals surface area contributed by atoms with E-state index in [1.165, 1.54) is 12.4 Å². The molecule has 0 saturated carbocycles. The number of carbonyl (C=O) groups excluding carboxylic acids is 3. The molecule has 0 bridgehead atoms. The number of hydrogen-bond acceptors (Lipinski definition) is 8. The van der Waals surface area contributed by atoms with Gasteiger partial charge in [0.1, 0.15) is 11.5 Å². The summed E-state index contributed by atoms with van der Waals surface area (Å²) in [5.41, 5.74) is 12.0. The number of halogens is 2. The molecule has 2 aromatic carbocycles. The lowest BCUT2D eigenvalue weighted by Gasteiger charge is -2.34. The molecule has 9 N–H and O–H groups in total. The maximum absolute atomic E-state index is 13.2. The zero-order valence-electron chi connectivity index (χ0n) is 20.9. The summed E-state index contributed by atoms with van der Waals surface area (Å²) >= 11 is 5.94. The minimum Gasteiger partial charge on any atom is -0.347 e. The molecule has 0 radical (unpaired) electrons. The summed E-state index contributed by atoms with van der Waals surface area (Å²) in [6.07, 6.45) is 1.24. The van der Waals surface area contributed by atoms with Crippen LogP contribution in [0.25, 0.3) is 0 Å². The van der Waals surface area contributed by atoms with Gasteiger partial charge in [-0.2, -0.15) is 0 Å². The number of aromatic nitrogens is 2. The van der Waals surface area contributed by atoms with E-state index < -0.39 is 29.2 Å². The van der Waals surface area contributed by atoms with Gasteiger partial charge in [-0.1, -0.05) is 11.6 Å². The molecule has 4 rings (SSSR count). The lowest BCUT2D eigenvalue weighted by atomic mass is 10.1. The van der Waals surface area contributed by atoms with E-state index in [-0.39, 0.29) is 28.5 Å². The van der Waals surface area contributed by atoms with Crippen molar-refractivity contribution in [3.63, 3.8) is 0 Å². The van der Waals surface area contributed by atoms with Crippen molar-refractivity contribution >= 4 is 40.7 Å². The van der Waals surface area contributed by atoms with Crippen LogP contribution < -0.4 is 32.7 Å². The molecule has 1 aliphatic rings. The Morgan fingerprint density at radius 3 is 2.28 bits per heavy atom. The van der Waals surface area contributed by atoms with E-state index in [4.69, 9.17) is 23.1 Å². The van der Waals surface area contributed by atoms with Crippen LogP contribution in [-0.2, 0) is 0 Å². The molecule has 1 saturated heterocycles.